The van der Waals surface area contributed by atoms with Gasteiger partial charge in [-0.15, -0.1) is 0 Å². The van der Waals surface area contributed by atoms with Gasteiger partial charge in [-0.25, -0.2) is 0 Å². The first kappa shape index (κ1) is 9.32. The van der Waals surface area contributed by atoms with Crippen molar-refractivity contribution in [2.24, 2.45) is 11.5 Å². The lowest BCUT2D eigenvalue weighted by Crippen LogP contribution is -2.48. The van der Waals surface area contributed by atoms with Crippen molar-refractivity contribution in [1.29, 1.82) is 0 Å². The Kier molecular flexibility index (Phi) is 3.33. The van der Waals surface area contributed by atoms with Gasteiger partial charge in [-0.3, -0.25) is 11.5 Å². The van der Waals surface area contributed by atoms with Crippen LogP contribution in [0.2, 0.25) is 0 Å². The highest BCUT2D eigenvalue weighted by atomic mass is 16.5. The standard InChI is InChI=1S/CH6N2O2.B/c2-1(3,4)5;/h4-5H,2-3H2;. The number of hydrogen-bond acceptors (Lipinski definition) is 4. The van der Waals surface area contributed by atoms with Gasteiger partial charge in [0.25, 0.3) is 6.03 Å². The first-order valence-corrected chi connectivity index (χ1v) is 1.02. The SMILES string of the molecule is NC(N)(O)O.[B]. The van der Waals surface area contributed by atoms with Gasteiger partial charge in [0, 0.05) is 8.41 Å². The predicted octanol–water partition coefficient (Wildman–Crippen LogP) is -2.88. The van der Waals surface area contributed by atoms with Crippen molar-refractivity contribution < 1.29 is 10.2 Å². The maximum atomic E-state index is 7.63. The van der Waals surface area contributed by atoms with E-state index < -0.39 is 6.03 Å². The van der Waals surface area contributed by atoms with E-state index in [0.29, 0.717) is 0 Å². The molecule has 0 rings (SSSR count). The summed E-state index contributed by atoms with van der Waals surface area (Å²) in [6.07, 6.45) is 0. The second-order valence-corrected chi connectivity index (χ2v) is 0.783. The molecule has 4 nitrogen and oxygen atoms in total. The first-order chi connectivity index (χ1) is 2.00. The molecule has 0 aromatic carbocycles. The second-order valence-electron chi connectivity index (χ2n) is 0.783. The summed E-state index contributed by atoms with van der Waals surface area (Å²) in [5, 5.41) is 15.3. The molecule has 0 fully saturated rings. The smallest absolute Gasteiger partial charge is 0.281 e. The third-order valence-electron chi connectivity index (χ3n) is 0. The lowest BCUT2D eigenvalue weighted by atomic mass is 10.8. The zero-order valence-electron chi connectivity index (χ0n) is 3.13. The summed E-state index contributed by atoms with van der Waals surface area (Å²) in [5.74, 6) is 0. The summed E-state index contributed by atoms with van der Waals surface area (Å²) in [7, 11) is 0. The van der Waals surface area contributed by atoms with Crippen LogP contribution >= 0.6 is 0 Å². The lowest BCUT2D eigenvalue weighted by molar-refractivity contribution is -0.149. The molecule has 0 saturated carbocycles. The Hall–Kier alpha value is -0.0951. The molecule has 6 heavy (non-hydrogen) atoms. The molecule has 5 heteroatoms. The highest BCUT2D eigenvalue weighted by molar-refractivity contribution is 5.75. The summed E-state index contributed by atoms with van der Waals surface area (Å²) < 4.78 is 0. The first-order valence-electron chi connectivity index (χ1n) is 1.02. The van der Waals surface area contributed by atoms with Crippen LogP contribution in [0.4, 0.5) is 0 Å². The number of hydrogen-bond donors (Lipinski definition) is 4. The molecule has 0 spiro atoms. The Morgan fingerprint density at radius 3 is 1.17 bits per heavy atom. The minimum Gasteiger partial charge on any atom is -0.341 e. The molecular formula is CH6BN2O2. The maximum absolute atomic E-state index is 7.63. The van der Waals surface area contributed by atoms with E-state index in [-0.39, 0.29) is 8.41 Å². The minimum absolute atomic E-state index is 0. The van der Waals surface area contributed by atoms with E-state index >= 15 is 0 Å². The van der Waals surface area contributed by atoms with Crippen LogP contribution in [0.3, 0.4) is 0 Å². The molecule has 0 aromatic heterocycles. The normalized spacial score (nSPS) is 10.0. The largest absolute Gasteiger partial charge is 0.341 e. The van der Waals surface area contributed by atoms with Gasteiger partial charge in [-0.2, -0.15) is 0 Å². The summed E-state index contributed by atoms with van der Waals surface area (Å²) in [6.45, 7) is 0. The van der Waals surface area contributed by atoms with E-state index in [1.54, 1.807) is 0 Å². The predicted molar refractivity (Wildman–Crippen MR) is 21.3 cm³/mol. The molecule has 0 amide bonds. The van der Waals surface area contributed by atoms with E-state index in [1.165, 1.54) is 0 Å². The molecular weight excluding hydrogens is 82.8 g/mol. The van der Waals surface area contributed by atoms with Gasteiger partial charge in [-0.05, 0) is 0 Å². The van der Waals surface area contributed by atoms with Gasteiger partial charge in [0.05, 0.1) is 0 Å². The number of nitrogens with two attached hydrogens (primary N) is 2. The monoisotopic (exact) mass is 89.1 g/mol. The van der Waals surface area contributed by atoms with E-state index in [1.807, 2.05) is 0 Å². The molecule has 0 aliphatic rings. The van der Waals surface area contributed by atoms with Crippen LogP contribution in [-0.4, -0.2) is 24.7 Å². The van der Waals surface area contributed by atoms with Gasteiger partial charge >= 0.3 is 0 Å². The van der Waals surface area contributed by atoms with Gasteiger partial charge in [0.1, 0.15) is 0 Å². The van der Waals surface area contributed by atoms with Crippen LogP contribution in [0.15, 0.2) is 0 Å². The Morgan fingerprint density at radius 1 is 1.17 bits per heavy atom. The zero-order chi connectivity index (χ0) is 4.50. The number of aliphatic hydroxyl groups is 2. The third-order valence-corrected chi connectivity index (χ3v) is 0. The van der Waals surface area contributed by atoms with Crippen molar-refractivity contribution in [1.82, 2.24) is 0 Å². The average molecular weight is 88.9 g/mol. The molecule has 0 heterocycles. The van der Waals surface area contributed by atoms with Crippen LogP contribution in [0, 0.1) is 0 Å². The highest BCUT2D eigenvalue weighted by Gasteiger charge is 2.01. The van der Waals surface area contributed by atoms with Gasteiger partial charge in [0.15, 0.2) is 0 Å². The van der Waals surface area contributed by atoms with E-state index in [4.69, 9.17) is 10.2 Å². The van der Waals surface area contributed by atoms with E-state index in [0.717, 1.165) is 0 Å². The Bertz CT molecular complexity index is 27.0. The molecule has 0 aromatic rings. The van der Waals surface area contributed by atoms with Crippen LogP contribution in [0.5, 0.6) is 0 Å². The maximum Gasteiger partial charge on any atom is 0.281 e. The molecule has 3 radical (unpaired) electrons. The fourth-order valence-electron chi connectivity index (χ4n) is 0. The van der Waals surface area contributed by atoms with Gasteiger partial charge in [-0.1, -0.05) is 0 Å². The molecule has 0 atom stereocenters. The minimum atomic E-state index is -2.50. The third kappa shape index (κ3) is 3650. The molecule has 0 unspecified atom stereocenters. The quantitative estimate of drug-likeness (QED) is 0.189. The van der Waals surface area contributed by atoms with Crippen molar-refractivity contribution in [3.05, 3.63) is 0 Å². The van der Waals surface area contributed by atoms with E-state index in [9.17, 15) is 0 Å². The average Bonchev–Trinajstić information content (AvgIpc) is 0.722. The van der Waals surface area contributed by atoms with Crippen LogP contribution in [-0.2, 0) is 0 Å². The summed E-state index contributed by atoms with van der Waals surface area (Å²) in [5.41, 5.74) is 8.49. The molecule has 0 bridgehead atoms. The van der Waals surface area contributed by atoms with Crippen LogP contribution < -0.4 is 11.5 Å². The van der Waals surface area contributed by atoms with Crippen molar-refractivity contribution >= 4 is 8.41 Å². The van der Waals surface area contributed by atoms with E-state index in [2.05, 4.69) is 11.5 Å². The molecule has 0 aliphatic heterocycles. The summed E-state index contributed by atoms with van der Waals surface area (Å²) >= 11 is 0. The van der Waals surface area contributed by atoms with Crippen LogP contribution in [0.25, 0.3) is 0 Å². The fraction of sp³-hybridized carbons (Fsp3) is 1.00. The van der Waals surface area contributed by atoms with Crippen molar-refractivity contribution in [2.45, 2.75) is 6.03 Å². The molecule has 0 aliphatic carbocycles. The van der Waals surface area contributed by atoms with Gasteiger partial charge < -0.3 is 10.2 Å². The Labute approximate surface area is 37.3 Å². The Morgan fingerprint density at radius 2 is 1.17 bits per heavy atom. The van der Waals surface area contributed by atoms with Crippen molar-refractivity contribution in [3.8, 4) is 0 Å². The Balaban J connectivity index is 0. The van der Waals surface area contributed by atoms with Gasteiger partial charge in [0.2, 0.25) is 0 Å². The molecule has 35 valence electrons. The fourth-order valence-corrected chi connectivity index (χ4v) is 0. The van der Waals surface area contributed by atoms with Crippen molar-refractivity contribution in [2.75, 3.05) is 0 Å². The summed E-state index contributed by atoms with van der Waals surface area (Å²) in [6, 6.07) is -2.50. The molecule has 0 saturated heterocycles. The van der Waals surface area contributed by atoms with Crippen molar-refractivity contribution in [3.63, 3.8) is 0 Å². The second kappa shape index (κ2) is 2.15. The van der Waals surface area contributed by atoms with Crippen LogP contribution in [0.1, 0.15) is 0 Å². The number of rotatable bonds is 0. The molecule has 6 N–H and O–H groups in total. The summed E-state index contributed by atoms with van der Waals surface area (Å²) in [4.78, 5) is 0. The highest BCUT2D eigenvalue weighted by Crippen LogP contribution is 1.61. The lowest BCUT2D eigenvalue weighted by Gasteiger charge is -2.03. The zero-order valence-corrected chi connectivity index (χ0v) is 3.13. The topological polar surface area (TPSA) is 92.5 Å².